The van der Waals surface area contributed by atoms with E-state index in [1.165, 1.54) is 5.56 Å². The number of hydrogen-bond donors (Lipinski definition) is 1. The molecule has 0 aliphatic carbocycles. The molecule has 1 aromatic heterocycles. The van der Waals surface area contributed by atoms with Gasteiger partial charge in [0.15, 0.2) is 0 Å². The molecular weight excluding hydrogens is 314 g/mol. The summed E-state index contributed by atoms with van der Waals surface area (Å²) < 4.78 is 0. The van der Waals surface area contributed by atoms with Gasteiger partial charge in [-0.1, -0.05) is 30.3 Å². The molecule has 1 amide bonds. The third-order valence-electron chi connectivity index (χ3n) is 4.50. The first-order valence-corrected chi connectivity index (χ1v) is 8.78. The lowest BCUT2D eigenvalue weighted by Gasteiger charge is -2.40. The molecule has 6 heteroatoms. The molecule has 132 valence electrons. The van der Waals surface area contributed by atoms with Gasteiger partial charge in [-0.05, 0) is 25.1 Å². The number of hydrogen-bond acceptors (Lipinski definition) is 5. The van der Waals surface area contributed by atoms with Crippen LogP contribution in [-0.2, 0) is 4.79 Å². The van der Waals surface area contributed by atoms with E-state index in [9.17, 15) is 4.79 Å². The van der Waals surface area contributed by atoms with Gasteiger partial charge in [-0.25, -0.2) is 9.97 Å². The molecule has 1 aliphatic heterocycles. The maximum absolute atomic E-state index is 12.7. The number of rotatable bonds is 6. The van der Waals surface area contributed by atoms with Crippen molar-refractivity contribution < 1.29 is 4.79 Å². The molecule has 1 atom stereocenters. The zero-order chi connectivity index (χ0) is 17.5. The van der Waals surface area contributed by atoms with Crippen LogP contribution in [0.15, 0.2) is 48.8 Å². The van der Waals surface area contributed by atoms with Gasteiger partial charge in [-0.15, -0.1) is 0 Å². The Kier molecular flexibility index (Phi) is 5.95. The van der Waals surface area contributed by atoms with Crippen molar-refractivity contribution in [1.82, 2.24) is 19.8 Å². The number of carbonyl (C=O) groups excluding carboxylic acids is 1. The van der Waals surface area contributed by atoms with E-state index in [0.29, 0.717) is 18.9 Å². The van der Waals surface area contributed by atoms with E-state index < -0.39 is 0 Å². The molecular formula is C19H25N5O. The number of carbonyl (C=O) groups is 1. The lowest BCUT2D eigenvalue weighted by molar-refractivity contribution is -0.136. The first-order chi connectivity index (χ1) is 12.2. The second-order valence-electron chi connectivity index (χ2n) is 6.38. The van der Waals surface area contributed by atoms with E-state index in [4.69, 9.17) is 0 Å². The smallest absolute Gasteiger partial charge is 0.223 e. The summed E-state index contributed by atoms with van der Waals surface area (Å²) >= 11 is 0. The van der Waals surface area contributed by atoms with Crippen molar-refractivity contribution in [2.75, 3.05) is 38.5 Å². The molecule has 2 heterocycles. The SMILES string of the molecule is CN1CCN(C(=O)CCCNc2ncccn2)[C@H](c2ccccc2)C1. The maximum atomic E-state index is 12.7. The van der Waals surface area contributed by atoms with Crippen LogP contribution in [0.25, 0.3) is 0 Å². The van der Waals surface area contributed by atoms with Crippen LogP contribution in [0.1, 0.15) is 24.4 Å². The number of piperazine rings is 1. The number of nitrogens with zero attached hydrogens (tertiary/aromatic N) is 4. The Bertz CT molecular complexity index is 664. The number of benzene rings is 1. The second-order valence-corrected chi connectivity index (χ2v) is 6.38. The minimum absolute atomic E-state index is 0.137. The van der Waals surface area contributed by atoms with Gasteiger partial charge in [0, 0.05) is 45.0 Å². The van der Waals surface area contributed by atoms with E-state index in [-0.39, 0.29) is 11.9 Å². The Morgan fingerprint density at radius 1 is 1.16 bits per heavy atom. The molecule has 0 bridgehead atoms. The summed E-state index contributed by atoms with van der Waals surface area (Å²) in [5.74, 6) is 0.828. The number of amides is 1. The van der Waals surface area contributed by atoms with Crippen LogP contribution in [0.2, 0.25) is 0 Å². The topological polar surface area (TPSA) is 61.4 Å². The molecule has 6 nitrogen and oxygen atoms in total. The standard InChI is InChI=1S/C19H25N5O/c1-23-13-14-24(17(15-23)16-7-3-2-4-8-16)18(25)9-5-10-20-19-21-11-6-12-22-19/h2-4,6-8,11-12,17H,5,9-10,13-15H2,1H3,(H,20,21,22)/t17-/m0/s1. The first-order valence-electron chi connectivity index (χ1n) is 8.78. The van der Waals surface area contributed by atoms with Gasteiger partial charge < -0.3 is 15.1 Å². The molecule has 25 heavy (non-hydrogen) atoms. The molecule has 1 aliphatic rings. The summed E-state index contributed by atoms with van der Waals surface area (Å²) in [6.07, 6.45) is 4.71. The van der Waals surface area contributed by atoms with Crippen molar-refractivity contribution >= 4 is 11.9 Å². The minimum atomic E-state index is 0.137. The Morgan fingerprint density at radius 2 is 1.92 bits per heavy atom. The van der Waals surface area contributed by atoms with Crippen molar-refractivity contribution in [3.8, 4) is 0 Å². The van der Waals surface area contributed by atoms with Gasteiger partial charge in [0.2, 0.25) is 11.9 Å². The highest BCUT2D eigenvalue weighted by Crippen LogP contribution is 2.25. The number of likely N-dealkylation sites (N-methyl/N-ethyl adjacent to an activating group) is 1. The van der Waals surface area contributed by atoms with Gasteiger partial charge >= 0.3 is 0 Å². The average Bonchev–Trinajstić information content (AvgIpc) is 2.66. The van der Waals surface area contributed by atoms with Gasteiger partial charge in [0.05, 0.1) is 6.04 Å². The van der Waals surface area contributed by atoms with Crippen LogP contribution < -0.4 is 5.32 Å². The van der Waals surface area contributed by atoms with Crippen molar-refractivity contribution in [3.63, 3.8) is 0 Å². The zero-order valence-corrected chi connectivity index (χ0v) is 14.6. The molecule has 0 saturated carbocycles. The molecule has 0 unspecified atom stereocenters. The quantitative estimate of drug-likeness (QED) is 0.818. The lowest BCUT2D eigenvalue weighted by Crippen LogP contribution is -2.49. The molecule has 1 saturated heterocycles. The summed E-state index contributed by atoms with van der Waals surface area (Å²) in [5.41, 5.74) is 1.21. The summed E-state index contributed by atoms with van der Waals surface area (Å²) in [6.45, 7) is 3.28. The molecule has 0 spiro atoms. The van der Waals surface area contributed by atoms with E-state index in [1.807, 2.05) is 23.1 Å². The van der Waals surface area contributed by atoms with Crippen LogP contribution in [0, 0.1) is 0 Å². The maximum Gasteiger partial charge on any atom is 0.223 e. The van der Waals surface area contributed by atoms with Crippen LogP contribution in [0.5, 0.6) is 0 Å². The van der Waals surface area contributed by atoms with Crippen molar-refractivity contribution in [3.05, 3.63) is 54.4 Å². The summed E-state index contributed by atoms with van der Waals surface area (Å²) in [6, 6.07) is 12.2. The fourth-order valence-corrected chi connectivity index (χ4v) is 3.15. The molecule has 3 rings (SSSR count). The summed E-state index contributed by atoms with van der Waals surface area (Å²) in [5, 5.41) is 3.15. The largest absolute Gasteiger partial charge is 0.354 e. The first kappa shape index (κ1) is 17.4. The second kappa shape index (κ2) is 8.58. The Morgan fingerprint density at radius 3 is 2.68 bits per heavy atom. The highest BCUT2D eigenvalue weighted by atomic mass is 16.2. The normalized spacial score (nSPS) is 18.1. The number of anilines is 1. The fourth-order valence-electron chi connectivity index (χ4n) is 3.15. The van der Waals surface area contributed by atoms with Gasteiger partial charge in [-0.2, -0.15) is 0 Å². The lowest BCUT2D eigenvalue weighted by atomic mass is 10.0. The third-order valence-corrected chi connectivity index (χ3v) is 4.50. The fraction of sp³-hybridized carbons (Fsp3) is 0.421. The monoisotopic (exact) mass is 339 g/mol. The highest BCUT2D eigenvalue weighted by Gasteiger charge is 2.29. The van der Waals surface area contributed by atoms with Crippen molar-refractivity contribution in [1.29, 1.82) is 0 Å². The molecule has 1 N–H and O–H groups in total. The Labute approximate surface area is 148 Å². The zero-order valence-electron chi connectivity index (χ0n) is 14.6. The van der Waals surface area contributed by atoms with E-state index in [2.05, 4.69) is 39.4 Å². The average molecular weight is 339 g/mol. The van der Waals surface area contributed by atoms with Gasteiger partial charge in [-0.3, -0.25) is 4.79 Å². The molecule has 1 fully saturated rings. The van der Waals surface area contributed by atoms with Crippen molar-refractivity contribution in [2.24, 2.45) is 0 Å². The van der Waals surface area contributed by atoms with E-state index in [1.54, 1.807) is 18.5 Å². The summed E-state index contributed by atoms with van der Waals surface area (Å²) in [7, 11) is 2.11. The van der Waals surface area contributed by atoms with Crippen LogP contribution in [0.3, 0.4) is 0 Å². The van der Waals surface area contributed by atoms with Gasteiger partial charge in [0.25, 0.3) is 0 Å². The predicted octanol–water partition coefficient (Wildman–Crippen LogP) is 2.18. The predicted molar refractivity (Wildman–Crippen MR) is 98.1 cm³/mol. The Balaban J connectivity index is 1.54. The van der Waals surface area contributed by atoms with Crippen LogP contribution in [0.4, 0.5) is 5.95 Å². The number of aromatic nitrogens is 2. The third kappa shape index (κ3) is 4.76. The van der Waals surface area contributed by atoms with Crippen LogP contribution >= 0.6 is 0 Å². The van der Waals surface area contributed by atoms with Crippen LogP contribution in [-0.4, -0.2) is 58.9 Å². The Hall–Kier alpha value is -2.47. The molecule has 0 radical (unpaired) electrons. The van der Waals surface area contributed by atoms with E-state index >= 15 is 0 Å². The minimum Gasteiger partial charge on any atom is -0.354 e. The summed E-state index contributed by atoms with van der Waals surface area (Å²) in [4.78, 5) is 25.3. The number of nitrogens with one attached hydrogen (secondary N) is 1. The van der Waals surface area contributed by atoms with Gasteiger partial charge in [0.1, 0.15) is 0 Å². The molecule has 1 aromatic carbocycles. The highest BCUT2D eigenvalue weighted by molar-refractivity contribution is 5.77. The van der Waals surface area contributed by atoms with Crippen molar-refractivity contribution in [2.45, 2.75) is 18.9 Å². The molecule has 2 aromatic rings. The van der Waals surface area contributed by atoms with E-state index in [0.717, 1.165) is 26.1 Å².